The molecule has 2 amide bonds. The Hall–Kier alpha value is -2.74. The zero-order valence-corrected chi connectivity index (χ0v) is 21.7. The molecule has 5 atom stereocenters. The zero-order valence-electron chi connectivity index (χ0n) is 21.7. The van der Waals surface area contributed by atoms with Gasteiger partial charge in [-0.2, -0.15) is 0 Å². The molecule has 2 fully saturated rings. The van der Waals surface area contributed by atoms with Gasteiger partial charge in [-0.1, -0.05) is 38.1 Å². The van der Waals surface area contributed by atoms with Crippen molar-refractivity contribution in [3.05, 3.63) is 70.3 Å². The van der Waals surface area contributed by atoms with Gasteiger partial charge in [0.05, 0.1) is 12.2 Å². The van der Waals surface area contributed by atoms with Gasteiger partial charge in [0.15, 0.2) is 0 Å². The van der Waals surface area contributed by atoms with Crippen LogP contribution in [0.25, 0.3) is 0 Å². The van der Waals surface area contributed by atoms with Crippen LogP contribution >= 0.6 is 0 Å². The fraction of sp³-hybridized carbons (Fsp3) is 0.533. The van der Waals surface area contributed by atoms with E-state index in [2.05, 4.69) is 31.3 Å². The summed E-state index contributed by atoms with van der Waals surface area (Å²) in [6.07, 6.45) is 2.93. The number of piperidine rings is 1. The molecule has 4 aliphatic heterocycles. The summed E-state index contributed by atoms with van der Waals surface area (Å²) >= 11 is 0. The maximum absolute atomic E-state index is 13.5. The number of β-amino-alcohol motifs (C(OH)–C–C–N with tert-alkyl or cyclic N) is 1. The van der Waals surface area contributed by atoms with E-state index >= 15 is 0 Å². The first-order chi connectivity index (χ1) is 17.7. The van der Waals surface area contributed by atoms with Crippen LogP contribution in [0.3, 0.4) is 0 Å². The second-order valence-corrected chi connectivity index (χ2v) is 12.1. The third kappa shape index (κ3) is 4.37. The number of fused-ring (bicyclic) bond motifs is 4. The molecule has 3 unspecified atom stereocenters. The third-order valence-corrected chi connectivity index (χ3v) is 9.03. The third-order valence-electron chi connectivity index (χ3n) is 9.03. The summed E-state index contributed by atoms with van der Waals surface area (Å²) in [6.45, 7) is 5.66. The van der Waals surface area contributed by atoms with Gasteiger partial charge in [-0.25, -0.2) is 0 Å². The molecule has 7 heteroatoms. The highest BCUT2D eigenvalue weighted by molar-refractivity contribution is 6.00. The van der Waals surface area contributed by atoms with Crippen LogP contribution in [-0.2, 0) is 18.4 Å². The van der Waals surface area contributed by atoms with E-state index in [0.717, 1.165) is 24.8 Å². The topological polar surface area (TPSA) is 93.1 Å². The van der Waals surface area contributed by atoms with Gasteiger partial charge in [-0.05, 0) is 67.0 Å². The average molecular weight is 504 g/mol. The smallest absolute Gasteiger partial charge is 0.254 e. The summed E-state index contributed by atoms with van der Waals surface area (Å²) in [5.74, 6) is -0.0864. The number of rotatable bonds is 4. The van der Waals surface area contributed by atoms with Crippen molar-refractivity contribution in [3.63, 3.8) is 0 Å². The molecule has 2 bridgehead atoms. The molecule has 0 aromatic heterocycles. The lowest BCUT2D eigenvalue weighted by Gasteiger charge is -2.42. The molecule has 6 rings (SSSR count). The zero-order chi connectivity index (χ0) is 25.9. The molecule has 37 heavy (non-hydrogen) atoms. The Balaban J connectivity index is 1.19. The first kappa shape index (κ1) is 24.6. The number of nitrogens with one attached hydrogen (secondary N) is 1. The van der Waals surface area contributed by atoms with Crippen molar-refractivity contribution in [1.82, 2.24) is 15.1 Å². The van der Waals surface area contributed by atoms with Crippen LogP contribution in [0.1, 0.15) is 76.9 Å². The molecule has 0 radical (unpaired) electrons. The van der Waals surface area contributed by atoms with E-state index < -0.39 is 6.10 Å². The Bertz CT molecular complexity index is 1210. The van der Waals surface area contributed by atoms with Gasteiger partial charge < -0.3 is 25.3 Å². The molecular formula is C30H37N3O4. The summed E-state index contributed by atoms with van der Waals surface area (Å²) in [4.78, 5) is 30.8. The molecule has 4 heterocycles. The number of hydrogen-bond acceptors (Lipinski definition) is 5. The van der Waals surface area contributed by atoms with Crippen LogP contribution in [-0.4, -0.2) is 75.3 Å². The van der Waals surface area contributed by atoms with E-state index in [1.165, 1.54) is 11.1 Å². The number of nitrogens with zero attached hydrogens (tertiary/aromatic N) is 2. The van der Waals surface area contributed by atoms with E-state index in [9.17, 15) is 19.8 Å². The first-order valence-corrected chi connectivity index (χ1v) is 13.6. The minimum Gasteiger partial charge on any atom is -0.393 e. The second-order valence-electron chi connectivity index (χ2n) is 12.1. The summed E-state index contributed by atoms with van der Waals surface area (Å²) < 4.78 is 0. The number of carbonyl (C=O) groups is 2. The van der Waals surface area contributed by atoms with Gasteiger partial charge in [0.2, 0.25) is 0 Å². The quantitative estimate of drug-likeness (QED) is 0.597. The fourth-order valence-corrected chi connectivity index (χ4v) is 7.11. The van der Waals surface area contributed by atoms with Crippen LogP contribution in [0.5, 0.6) is 0 Å². The lowest BCUT2D eigenvalue weighted by Crippen LogP contribution is -2.54. The van der Waals surface area contributed by atoms with Crippen LogP contribution < -0.4 is 5.32 Å². The van der Waals surface area contributed by atoms with E-state index in [-0.39, 0.29) is 48.0 Å². The Kier molecular flexibility index (Phi) is 6.13. The molecule has 196 valence electrons. The van der Waals surface area contributed by atoms with Gasteiger partial charge in [0, 0.05) is 54.3 Å². The standard InChI is InChI=1S/C30H37N3O4/c1-30(2)17-32(16-27(35)26-12-18-5-3-4-6-20(18)15-31-26)29(37)24-10-7-19(11-25(24)30)28(36)33-21-8-9-22(33)14-23(34)13-21/h3-7,10-11,21-23,26-27,31,34-35H,8-9,12-17H2,1-2H3/t21-,22+,23?,26?,27?. The minimum atomic E-state index is -0.680. The van der Waals surface area contributed by atoms with Crippen LogP contribution in [0.4, 0.5) is 0 Å². The Labute approximate surface area is 218 Å². The summed E-state index contributed by atoms with van der Waals surface area (Å²) in [5.41, 5.74) is 4.26. The van der Waals surface area contributed by atoms with Crippen LogP contribution in [0.2, 0.25) is 0 Å². The highest BCUT2D eigenvalue weighted by atomic mass is 16.3. The van der Waals surface area contributed by atoms with Gasteiger partial charge >= 0.3 is 0 Å². The summed E-state index contributed by atoms with van der Waals surface area (Å²) in [6, 6.07) is 13.9. The highest BCUT2D eigenvalue weighted by Gasteiger charge is 2.44. The number of hydrogen-bond donors (Lipinski definition) is 3. The van der Waals surface area contributed by atoms with Gasteiger partial charge in [-0.15, -0.1) is 0 Å². The second kappa shape index (κ2) is 9.22. The van der Waals surface area contributed by atoms with E-state index in [1.54, 1.807) is 17.0 Å². The highest BCUT2D eigenvalue weighted by Crippen LogP contribution is 2.39. The van der Waals surface area contributed by atoms with Crippen molar-refractivity contribution in [2.45, 2.75) is 88.2 Å². The number of benzene rings is 2. The van der Waals surface area contributed by atoms with Crippen LogP contribution in [0.15, 0.2) is 42.5 Å². The molecule has 0 saturated carbocycles. The SMILES string of the molecule is CC1(C)CN(CC(O)C2Cc3ccccc3CN2)C(=O)c2ccc(C(=O)N3[C@@H]4CC[C@H]3CC(O)C4)cc21. The van der Waals surface area contributed by atoms with Crippen LogP contribution in [0, 0.1) is 0 Å². The number of aliphatic hydroxyl groups is 2. The number of carbonyl (C=O) groups excluding carboxylic acids is 2. The van der Waals surface area contributed by atoms with Gasteiger partial charge in [0.1, 0.15) is 0 Å². The number of aliphatic hydroxyl groups excluding tert-OH is 2. The first-order valence-electron chi connectivity index (χ1n) is 13.6. The van der Waals surface area contributed by atoms with E-state index in [0.29, 0.717) is 37.1 Å². The molecule has 7 nitrogen and oxygen atoms in total. The van der Waals surface area contributed by atoms with Crippen molar-refractivity contribution < 1.29 is 19.8 Å². The molecule has 2 aromatic rings. The van der Waals surface area contributed by atoms with Crippen molar-refractivity contribution in [2.24, 2.45) is 0 Å². The maximum atomic E-state index is 13.5. The molecule has 4 aliphatic rings. The lowest BCUT2D eigenvalue weighted by molar-refractivity contribution is 0.0286. The van der Waals surface area contributed by atoms with Gasteiger partial charge in [-0.3, -0.25) is 9.59 Å². The van der Waals surface area contributed by atoms with Gasteiger partial charge in [0.25, 0.3) is 11.8 Å². The molecule has 3 N–H and O–H groups in total. The Morgan fingerprint density at radius 2 is 1.81 bits per heavy atom. The molecule has 2 aromatic carbocycles. The molecule has 2 saturated heterocycles. The Morgan fingerprint density at radius 3 is 2.54 bits per heavy atom. The number of amides is 2. The predicted molar refractivity (Wildman–Crippen MR) is 140 cm³/mol. The van der Waals surface area contributed by atoms with E-state index in [1.807, 2.05) is 23.1 Å². The maximum Gasteiger partial charge on any atom is 0.254 e. The fourth-order valence-electron chi connectivity index (χ4n) is 7.11. The molecular weight excluding hydrogens is 466 g/mol. The average Bonchev–Trinajstić information content (AvgIpc) is 3.16. The lowest BCUT2D eigenvalue weighted by atomic mass is 9.77. The normalized spacial score (nSPS) is 29.0. The Morgan fingerprint density at radius 1 is 1.11 bits per heavy atom. The van der Waals surface area contributed by atoms with Crippen molar-refractivity contribution in [1.29, 1.82) is 0 Å². The monoisotopic (exact) mass is 503 g/mol. The minimum absolute atomic E-state index is 0.00644. The van der Waals surface area contributed by atoms with E-state index in [4.69, 9.17) is 0 Å². The van der Waals surface area contributed by atoms with Crippen molar-refractivity contribution in [3.8, 4) is 0 Å². The largest absolute Gasteiger partial charge is 0.393 e. The van der Waals surface area contributed by atoms with Crippen molar-refractivity contribution in [2.75, 3.05) is 13.1 Å². The molecule has 0 aliphatic carbocycles. The summed E-state index contributed by atoms with van der Waals surface area (Å²) in [7, 11) is 0. The predicted octanol–water partition coefficient (Wildman–Crippen LogP) is 2.62. The van der Waals surface area contributed by atoms with Crippen molar-refractivity contribution >= 4 is 11.8 Å². The summed E-state index contributed by atoms with van der Waals surface area (Å²) in [5, 5.41) is 24.7. The molecule has 0 spiro atoms.